The van der Waals surface area contributed by atoms with Crippen LogP contribution in [0.3, 0.4) is 0 Å². The van der Waals surface area contributed by atoms with Gasteiger partial charge in [-0.2, -0.15) is 0 Å². The van der Waals surface area contributed by atoms with Gasteiger partial charge in [-0.3, -0.25) is 0 Å². The zero-order chi connectivity index (χ0) is 10.0. The average molecular weight is 194 g/mol. The van der Waals surface area contributed by atoms with E-state index >= 15 is 0 Å². The summed E-state index contributed by atoms with van der Waals surface area (Å²) in [5, 5.41) is 0. The smallest absolute Gasteiger partial charge is 0.0298 e. The molecule has 0 unspecified atom stereocenters. The molecule has 2 saturated carbocycles. The van der Waals surface area contributed by atoms with E-state index in [2.05, 4.69) is 13.8 Å². The second kappa shape index (κ2) is 4.24. The molecule has 0 spiro atoms. The van der Waals surface area contributed by atoms with Crippen LogP contribution in [-0.2, 0) is 0 Å². The van der Waals surface area contributed by atoms with Gasteiger partial charge in [0.25, 0.3) is 0 Å². The summed E-state index contributed by atoms with van der Waals surface area (Å²) in [6.45, 7) is 5.01. The van der Waals surface area contributed by atoms with Crippen molar-refractivity contribution in [3.63, 3.8) is 0 Å². The summed E-state index contributed by atoms with van der Waals surface area (Å²) < 4.78 is 0. The summed E-state index contributed by atoms with van der Waals surface area (Å²) >= 11 is 0. The molecule has 14 heavy (non-hydrogen) atoms. The quantitative estimate of drug-likeness (QED) is 0.563. The second-order valence-electron chi connectivity index (χ2n) is 6.17. The van der Waals surface area contributed by atoms with Gasteiger partial charge in [0, 0.05) is 0 Å². The third kappa shape index (κ3) is 2.15. The highest BCUT2D eigenvalue weighted by molar-refractivity contribution is 4.87. The first-order valence-corrected chi connectivity index (χ1v) is 6.71. The Bertz CT molecular complexity index is 168. The van der Waals surface area contributed by atoms with Crippen LogP contribution in [0.1, 0.15) is 71.6 Å². The number of hydrogen-bond acceptors (Lipinski definition) is 0. The van der Waals surface area contributed by atoms with E-state index in [-0.39, 0.29) is 0 Å². The molecule has 0 aromatic heterocycles. The zero-order valence-electron chi connectivity index (χ0n) is 10.0. The lowest BCUT2D eigenvalue weighted by Gasteiger charge is -2.44. The van der Waals surface area contributed by atoms with Crippen molar-refractivity contribution in [3.8, 4) is 0 Å². The minimum atomic E-state index is 0.735. The van der Waals surface area contributed by atoms with Crippen molar-refractivity contribution in [3.05, 3.63) is 0 Å². The highest BCUT2D eigenvalue weighted by Gasteiger charge is 2.36. The van der Waals surface area contributed by atoms with E-state index in [1.807, 2.05) is 0 Å². The Morgan fingerprint density at radius 1 is 0.857 bits per heavy atom. The van der Waals surface area contributed by atoms with Crippen molar-refractivity contribution in [2.45, 2.75) is 71.6 Å². The first kappa shape index (κ1) is 10.5. The molecule has 0 amide bonds. The summed E-state index contributed by atoms with van der Waals surface area (Å²) in [5.74, 6) is 2.08. The average Bonchev–Trinajstić information content (AvgIpc) is 2.19. The van der Waals surface area contributed by atoms with Gasteiger partial charge >= 0.3 is 0 Å². The van der Waals surface area contributed by atoms with Crippen molar-refractivity contribution in [2.24, 2.45) is 17.3 Å². The van der Waals surface area contributed by atoms with Crippen LogP contribution in [0.15, 0.2) is 0 Å². The molecule has 0 aromatic carbocycles. The number of rotatable bonds is 1. The Kier molecular flexibility index (Phi) is 3.19. The van der Waals surface area contributed by atoms with Gasteiger partial charge in [0.1, 0.15) is 0 Å². The van der Waals surface area contributed by atoms with E-state index < -0.39 is 0 Å². The van der Waals surface area contributed by atoms with Gasteiger partial charge in [0.2, 0.25) is 0 Å². The minimum absolute atomic E-state index is 0.735. The highest BCUT2D eigenvalue weighted by Crippen LogP contribution is 2.48. The molecule has 2 rings (SSSR count). The summed E-state index contributed by atoms with van der Waals surface area (Å²) in [7, 11) is 0. The second-order valence-corrected chi connectivity index (χ2v) is 6.17. The fourth-order valence-electron chi connectivity index (χ4n) is 3.72. The summed E-state index contributed by atoms with van der Waals surface area (Å²) in [5.41, 5.74) is 0.735. The molecule has 0 bridgehead atoms. The van der Waals surface area contributed by atoms with Crippen LogP contribution in [0.25, 0.3) is 0 Å². The lowest BCUT2D eigenvalue weighted by molar-refractivity contribution is 0.0760. The van der Waals surface area contributed by atoms with Gasteiger partial charge in [-0.05, 0) is 42.9 Å². The van der Waals surface area contributed by atoms with Crippen LogP contribution in [0.4, 0.5) is 0 Å². The zero-order valence-corrected chi connectivity index (χ0v) is 10.0. The van der Waals surface area contributed by atoms with Crippen molar-refractivity contribution < 1.29 is 0 Å². The summed E-state index contributed by atoms with van der Waals surface area (Å²) in [6, 6.07) is 0. The lowest BCUT2D eigenvalue weighted by Crippen LogP contribution is -2.32. The Morgan fingerprint density at radius 3 is 2.00 bits per heavy atom. The monoisotopic (exact) mass is 194 g/mol. The molecule has 0 heterocycles. The van der Waals surface area contributed by atoms with Crippen LogP contribution in [-0.4, -0.2) is 0 Å². The predicted octanol–water partition coefficient (Wildman–Crippen LogP) is 4.78. The van der Waals surface area contributed by atoms with Gasteiger partial charge in [0.05, 0.1) is 0 Å². The molecule has 2 aliphatic rings. The molecule has 0 atom stereocenters. The van der Waals surface area contributed by atoms with Crippen LogP contribution < -0.4 is 0 Å². The van der Waals surface area contributed by atoms with E-state index in [4.69, 9.17) is 0 Å². The largest absolute Gasteiger partial charge is 0.0625 e. The predicted molar refractivity (Wildman–Crippen MR) is 62.3 cm³/mol. The SMILES string of the molecule is CC1CCC(C2(C)CCCCC2)CC1. The molecule has 2 aliphatic carbocycles. The molecule has 0 aromatic rings. The van der Waals surface area contributed by atoms with Gasteiger partial charge in [0.15, 0.2) is 0 Å². The van der Waals surface area contributed by atoms with Gasteiger partial charge < -0.3 is 0 Å². The first-order valence-electron chi connectivity index (χ1n) is 6.71. The number of hydrogen-bond donors (Lipinski definition) is 0. The van der Waals surface area contributed by atoms with E-state index in [1.165, 1.54) is 57.8 Å². The van der Waals surface area contributed by atoms with E-state index in [9.17, 15) is 0 Å². The molecule has 2 fully saturated rings. The molecule has 0 radical (unpaired) electrons. The van der Waals surface area contributed by atoms with Gasteiger partial charge in [-0.15, -0.1) is 0 Å². The maximum absolute atomic E-state index is 2.58. The van der Waals surface area contributed by atoms with Crippen molar-refractivity contribution in [1.82, 2.24) is 0 Å². The van der Waals surface area contributed by atoms with Crippen LogP contribution in [0, 0.1) is 17.3 Å². The molecule has 0 nitrogen and oxygen atoms in total. The van der Waals surface area contributed by atoms with Gasteiger partial charge in [-0.25, -0.2) is 0 Å². The van der Waals surface area contributed by atoms with Crippen molar-refractivity contribution in [1.29, 1.82) is 0 Å². The summed E-state index contributed by atoms with van der Waals surface area (Å²) in [4.78, 5) is 0. The topological polar surface area (TPSA) is 0 Å². The Labute approximate surface area is 89.5 Å². The van der Waals surface area contributed by atoms with Crippen LogP contribution in [0.5, 0.6) is 0 Å². The summed E-state index contributed by atoms with van der Waals surface area (Å²) in [6.07, 6.45) is 13.6. The van der Waals surface area contributed by atoms with E-state index in [0.717, 1.165) is 17.3 Å². The third-order valence-electron chi connectivity index (χ3n) is 5.00. The van der Waals surface area contributed by atoms with E-state index in [1.54, 1.807) is 0 Å². The fourth-order valence-corrected chi connectivity index (χ4v) is 3.72. The maximum atomic E-state index is 2.58. The highest BCUT2D eigenvalue weighted by atomic mass is 14.4. The Balaban J connectivity index is 1.92. The van der Waals surface area contributed by atoms with E-state index in [0.29, 0.717) is 0 Å². The van der Waals surface area contributed by atoms with Crippen LogP contribution in [0.2, 0.25) is 0 Å². The van der Waals surface area contributed by atoms with Crippen LogP contribution >= 0.6 is 0 Å². The minimum Gasteiger partial charge on any atom is -0.0625 e. The molecular formula is C14H26. The molecular weight excluding hydrogens is 168 g/mol. The maximum Gasteiger partial charge on any atom is -0.0298 e. The Morgan fingerprint density at radius 2 is 1.43 bits per heavy atom. The molecule has 0 heteroatoms. The lowest BCUT2D eigenvalue weighted by atomic mass is 9.62. The standard InChI is InChI=1S/C14H26/c1-12-6-8-13(9-7-12)14(2)10-4-3-5-11-14/h12-13H,3-11H2,1-2H3. The fraction of sp³-hybridized carbons (Fsp3) is 1.00. The molecule has 0 aliphatic heterocycles. The normalized spacial score (nSPS) is 38.1. The molecule has 82 valence electrons. The molecule has 0 N–H and O–H groups in total. The van der Waals surface area contributed by atoms with Crippen molar-refractivity contribution in [2.75, 3.05) is 0 Å². The molecule has 0 saturated heterocycles. The van der Waals surface area contributed by atoms with Crippen molar-refractivity contribution >= 4 is 0 Å². The third-order valence-corrected chi connectivity index (χ3v) is 5.00. The Hall–Kier alpha value is 0. The van der Waals surface area contributed by atoms with Gasteiger partial charge in [-0.1, -0.05) is 46.0 Å². The first-order chi connectivity index (χ1) is 6.71.